The molecule has 1 heterocycles. The minimum Gasteiger partial charge on any atom is -0.211 e. The van der Waals surface area contributed by atoms with Gasteiger partial charge in [-0.15, -0.1) is 0 Å². The molecule has 0 atom stereocenters. The minimum absolute atomic E-state index is 0.266. The van der Waals surface area contributed by atoms with Crippen LogP contribution in [-0.4, -0.2) is 4.98 Å². The van der Waals surface area contributed by atoms with Crippen molar-refractivity contribution in [3.8, 4) is 0 Å². The third-order valence-electron chi connectivity index (χ3n) is 0.686. The molecule has 0 aliphatic heterocycles. The number of rotatable bonds is 0. The van der Waals surface area contributed by atoms with E-state index in [4.69, 9.17) is 0 Å². The van der Waals surface area contributed by atoms with Crippen LogP contribution in [-0.2, 0) is 0 Å². The van der Waals surface area contributed by atoms with Gasteiger partial charge in [0.25, 0.3) is 0 Å². The third kappa shape index (κ3) is 1.04. The van der Waals surface area contributed by atoms with Gasteiger partial charge in [0, 0.05) is 6.07 Å². The largest absolute Gasteiger partial charge is 0.494 e. The van der Waals surface area contributed by atoms with E-state index in [1.807, 2.05) is 0 Å². The Morgan fingerprint density at radius 3 is 2.88 bits per heavy atom. The van der Waals surface area contributed by atoms with Gasteiger partial charge < -0.3 is 0 Å². The van der Waals surface area contributed by atoms with Crippen molar-refractivity contribution in [3.63, 3.8) is 0 Å². The molecule has 0 aliphatic rings. The number of nitrogens with one attached hydrogen (secondary N) is 2. The highest BCUT2D eigenvalue weighted by molar-refractivity contribution is 7.80. The monoisotopic (exact) mass is 128 g/mol. The highest BCUT2D eigenvalue weighted by Gasteiger charge is 1.90. The number of aromatic nitrogens is 2. The maximum Gasteiger partial charge on any atom is 0.494 e. The summed E-state index contributed by atoms with van der Waals surface area (Å²) in [6, 6.07) is 1.61. The van der Waals surface area contributed by atoms with Gasteiger partial charge in [-0.25, -0.2) is 4.98 Å². The molecule has 0 spiro atoms. The lowest BCUT2D eigenvalue weighted by atomic mass is 10.7. The Kier molecular flexibility index (Phi) is 1.26. The summed E-state index contributed by atoms with van der Waals surface area (Å²) in [5.41, 5.74) is -0.266. The summed E-state index contributed by atoms with van der Waals surface area (Å²) in [6.45, 7) is 0. The first kappa shape index (κ1) is 5.24. The van der Waals surface area contributed by atoms with E-state index in [9.17, 15) is 4.79 Å². The quantitative estimate of drug-likeness (QED) is 0.481. The van der Waals surface area contributed by atoms with E-state index in [2.05, 4.69) is 22.6 Å². The van der Waals surface area contributed by atoms with E-state index in [1.54, 1.807) is 6.07 Å². The number of aromatic amines is 2. The molecule has 1 rings (SSSR count). The SMILES string of the molecule is O=c1[nH]c([S])cc[nH+]1. The van der Waals surface area contributed by atoms with Crippen LogP contribution < -0.4 is 10.7 Å². The summed E-state index contributed by atoms with van der Waals surface area (Å²) < 4.78 is 0. The molecule has 1 aromatic heterocycles. The van der Waals surface area contributed by atoms with Crippen LogP contribution >= 0.6 is 12.6 Å². The molecule has 0 aliphatic carbocycles. The average molecular weight is 128 g/mol. The Morgan fingerprint density at radius 2 is 2.50 bits per heavy atom. The van der Waals surface area contributed by atoms with Gasteiger partial charge in [0.15, 0.2) is 5.03 Å². The summed E-state index contributed by atoms with van der Waals surface area (Å²) in [6.07, 6.45) is 1.50. The third-order valence-corrected chi connectivity index (χ3v) is 0.924. The van der Waals surface area contributed by atoms with Gasteiger partial charge in [0.1, 0.15) is 0 Å². The second-order valence-corrected chi connectivity index (χ2v) is 1.74. The second-order valence-electron chi connectivity index (χ2n) is 1.30. The van der Waals surface area contributed by atoms with E-state index in [0.29, 0.717) is 5.03 Å². The number of H-pyrrole nitrogens is 2. The number of hydrogen-bond donors (Lipinski definition) is 1. The molecule has 4 heteroatoms. The van der Waals surface area contributed by atoms with Crippen molar-refractivity contribution in [2.75, 3.05) is 0 Å². The molecule has 0 saturated heterocycles. The Bertz CT molecular complexity index is 231. The smallest absolute Gasteiger partial charge is 0.211 e. The van der Waals surface area contributed by atoms with Crippen molar-refractivity contribution in [1.29, 1.82) is 0 Å². The first-order valence-electron chi connectivity index (χ1n) is 2.07. The van der Waals surface area contributed by atoms with Crippen molar-refractivity contribution in [2.24, 2.45) is 0 Å². The predicted molar refractivity (Wildman–Crippen MR) is 29.5 cm³/mol. The molecule has 0 unspecified atom stereocenters. The molecule has 0 saturated carbocycles. The van der Waals surface area contributed by atoms with Gasteiger partial charge in [0.2, 0.25) is 0 Å². The van der Waals surface area contributed by atoms with Crippen LogP contribution in [0.2, 0.25) is 0 Å². The Hall–Kier alpha value is -0.900. The van der Waals surface area contributed by atoms with E-state index >= 15 is 0 Å². The molecular weight excluding hydrogens is 124 g/mol. The van der Waals surface area contributed by atoms with Crippen LogP contribution in [0.4, 0.5) is 0 Å². The fraction of sp³-hybridized carbons (Fsp3) is 0. The molecular formula is C4H4N2OS+. The standard InChI is InChI=1S/C4H3N2OS/c7-4-5-2-1-3(8)6-4/h1-2H,(H,5,6,7)/p+1. The first-order valence-corrected chi connectivity index (χ1v) is 2.48. The molecule has 2 N–H and O–H groups in total. The highest BCUT2D eigenvalue weighted by Crippen LogP contribution is 1.89. The van der Waals surface area contributed by atoms with Crippen LogP contribution in [0.3, 0.4) is 0 Å². The molecule has 8 heavy (non-hydrogen) atoms. The highest BCUT2D eigenvalue weighted by atomic mass is 32.1. The van der Waals surface area contributed by atoms with Crippen LogP contribution in [0.1, 0.15) is 0 Å². The van der Waals surface area contributed by atoms with E-state index in [1.165, 1.54) is 6.20 Å². The lowest BCUT2D eigenvalue weighted by molar-refractivity contribution is -0.403. The van der Waals surface area contributed by atoms with Crippen LogP contribution in [0.25, 0.3) is 0 Å². The van der Waals surface area contributed by atoms with Crippen molar-refractivity contribution < 1.29 is 4.98 Å². The van der Waals surface area contributed by atoms with Crippen LogP contribution in [0.5, 0.6) is 0 Å². The fourth-order valence-corrected chi connectivity index (χ4v) is 0.543. The zero-order valence-corrected chi connectivity index (χ0v) is 4.79. The summed E-state index contributed by atoms with van der Waals surface area (Å²) in [7, 11) is 0. The Labute approximate surface area is 51.2 Å². The van der Waals surface area contributed by atoms with Crippen molar-refractivity contribution in [1.82, 2.24) is 4.98 Å². The molecule has 3 nitrogen and oxygen atoms in total. The van der Waals surface area contributed by atoms with Crippen molar-refractivity contribution in [3.05, 3.63) is 22.7 Å². The maximum atomic E-state index is 10.3. The van der Waals surface area contributed by atoms with Crippen molar-refractivity contribution in [2.45, 2.75) is 5.03 Å². The summed E-state index contributed by atoms with van der Waals surface area (Å²) in [5, 5.41) is 0.453. The van der Waals surface area contributed by atoms with Gasteiger partial charge in [-0.2, -0.15) is 9.78 Å². The molecule has 0 fully saturated rings. The summed E-state index contributed by atoms with van der Waals surface area (Å²) >= 11 is 4.62. The minimum atomic E-state index is -0.266. The molecule has 0 aromatic carbocycles. The predicted octanol–water partition coefficient (Wildman–Crippen LogP) is -0.255. The topological polar surface area (TPSA) is 47.0 Å². The molecule has 1 radical (unpaired) electrons. The Morgan fingerprint density at radius 1 is 1.75 bits per heavy atom. The normalized spacial score (nSPS) is 9.00. The second kappa shape index (κ2) is 1.92. The van der Waals surface area contributed by atoms with E-state index < -0.39 is 0 Å². The van der Waals surface area contributed by atoms with E-state index in [0.717, 1.165) is 0 Å². The number of hydrogen-bond acceptors (Lipinski definition) is 1. The molecule has 1 aromatic rings. The van der Waals surface area contributed by atoms with Gasteiger partial charge in [-0.3, -0.25) is 0 Å². The molecule has 41 valence electrons. The van der Waals surface area contributed by atoms with Crippen molar-refractivity contribution >= 4 is 12.6 Å². The van der Waals surface area contributed by atoms with Gasteiger partial charge in [0.05, 0.1) is 6.20 Å². The first-order chi connectivity index (χ1) is 3.79. The molecule has 0 amide bonds. The lowest BCUT2D eigenvalue weighted by Crippen LogP contribution is -2.28. The zero-order valence-electron chi connectivity index (χ0n) is 3.97. The van der Waals surface area contributed by atoms with Crippen LogP contribution in [0.15, 0.2) is 22.1 Å². The molecule has 0 bridgehead atoms. The van der Waals surface area contributed by atoms with E-state index in [-0.39, 0.29) is 5.69 Å². The summed E-state index contributed by atoms with van der Waals surface area (Å²) in [4.78, 5) is 15.1. The Balaban J connectivity index is 3.28. The van der Waals surface area contributed by atoms with Gasteiger partial charge in [-0.05, 0) is 12.6 Å². The zero-order chi connectivity index (χ0) is 5.98. The average Bonchev–Trinajstić information content (AvgIpc) is 1.64. The lowest BCUT2D eigenvalue weighted by Gasteiger charge is -1.74. The van der Waals surface area contributed by atoms with Crippen LogP contribution in [0, 0.1) is 0 Å². The van der Waals surface area contributed by atoms with Gasteiger partial charge in [-0.1, -0.05) is 0 Å². The fourth-order valence-electron chi connectivity index (χ4n) is 0.383. The summed E-state index contributed by atoms with van der Waals surface area (Å²) in [5.74, 6) is 0. The van der Waals surface area contributed by atoms with Gasteiger partial charge >= 0.3 is 5.69 Å². The maximum absolute atomic E-state index is 10.3.